The van der Waals surface area contributed by atoms with Crippen molar-refractivity contribution in [1.29, 1.82) is 0 Å². The quantitative estimate of drug-likeness (QED) is 0.570. The van der Waals surface area contributed by atoms with E-state index in [0.717, 1.165) is 0 Å². The Balaban J connectivity index is 0. The molecule has 0 aliphatic heterocycles. The van der Waals surface area contributed by atoms with Crippen molar-refractivity contribution in [3.05, 3.63) is 0 Å². The second-order valence-electron chi connectivity index (χ2n) is 1.99. The SMILES string of the molecule is O=C(O)CCCCC(=O)O.[Au]. The van der Waals surface area contributed by atoms with Crippen molar-refractivity contribution in [2.24, 2.45) is 0 Å². The van der Waals surface area contributed by atoms with Gasteiger partial charge in [0.1, 0.15) is 0 Å². The third kappa shape index (κ3) is 12.8. The molecule has 0 rings (SSSR count). The van der Waals surface area contributed by atoms with Gasteiger partial charge < -0.3 is 10.2 Å². The number of carboxylic acid groups (broad SMARTS) is 2. The molecular formula is C6H10AuO4. The van der Waals surface area contributed by atoms with Crippen LogP contribution in [-0.4, -0.2) is 22.2 Å². The average molecular weight is 343 g/mol. The molecule has 0 aliphatic rings. The van der Waals surface area contributed by atoms with E-state index in [1.165, 1.54) is 0 Å². The van der Waals surface area contributed by atoms with Gasteiger partial charge in [0.2, 0.25) is 0 Å². The topological polar surface area (TPSA) is 74.6 Å². The number of aliphatic carboxylic acids is 2. The van der Waals surface area contributed by atoms with Crippen LogP contribution in [-0.2, 0) is 32.0 Å². The molecule has 11 heavy (non-hydrogen) atoms. The van der Waals surface area contributed by atoms with Gasteiger partial charge in [0.05, 0.1) is 0 Å². The summed E-state index contributed by atoms with van der Waals surface area (Å²) in [6.45, 7) is 0. The molecule has 0 saturated heterocycles. The maximum Gasteiger partial charge on any atom is 0.303 e. The van der Waals surface area contributed by atoms with Crippen molar-refractivity contribution in [1.82, 2.24) is 0 Å². The minimum Gasteiger partial charge on any atom is -0.481 e. The maximum atomic E-state index is 9.90. The number of carbonyl (C=O) groups is 2. The van der Waals surface area contributed by atoms with E-state index in [-0.39, 0.29) is 35.2 Å². The van der Waals surface area contributed by atoms with Crippen LogP contribution >= 0.6 is 0 Å². The van der Waals surface area contributed by atoms with E-state index in [2.05, 4.69) is 0 Å². The van der Waals surface area contributed by atoms with E-state index in [1.54, 1.807) is 0 Å². The third-order valence-corrected chi connectivity index (χ3v) is 1.03. The summed E-state index contributed by atoms with van der Waals surface area (Å²) in [6, 6.07) is 0. The summed E-state index contributed by atoms with van der Waals surface area (Å²) >= 11 is 0. The molecule has 0 saturated carbocycles. The molecule has 4 nitrogen and oxygen atoms in total. The Morgan fingerprint density at radius 3 is 1.36 bits per heavy atom. The van der Waals surface area contributed by atoms with Gasteiger partial charge in [0, 0.05) is 35.2 Å². The van der Waals surface area contributed by atoms with Crippen LogP contribution in [0.1, 0.15) is 25.7 Å². The van der Waals surface area contributed by atoms with Crippen LogP contribution in [0.15, 0.2) is 0 Å². The number of hydrogen-bond donors (Lipinski definition) is 2. The molecule has 0 aliphatic carbocycles. The molecule has 0 fully saturated rings. The van der Waals surface area contributed by atoms with Crippen molar-refractivity contribution in [3.8, 4) is 0 Å². The molecule has 0 aromatic heterocycles. The van der Waals surface area contributed by atoms with Crippen molar-refractivity contribution < 1.29 is 42.2 Å². The second kappa shape index (κ2) is 7.78. The largest absolute Gasteiger partial charge is 0.481 e. The minimum atomic E-state index is -0.870. The van der Waals surface area contributed by atoms with E-state index in [1.807, 2.05) is 0 Å². The molecule has 0 atom stereocenters. The molecule has 0 spiro atoms. The summed E-state index contributed by atoms with van der Waals surface area (Å²) in [5.74, 6) is -1.74. The van der Waals surface area contributed by atoms with Crippen LogP contribution < -0.4 is 0 Å². The smallest absolute Gasteiger partial charge is 0.303 e. The number of rotatable bonds is 5. The predicted octanol–water partition coefficient (Wildman–Crippen LogP) is 0.714. The van der Waals surface area contributed by atoms with Gasteiger partial charge in [0.15, 0.2) is 0 Å². The molecule has 5 heteroatoms. The van der Waals surface area contributed by atoms with Gasteiger partial charge in [-0.3, -0.25) is 9.59 Å². The van der Waals surface area contributed by atoms with Gasteiger partial charge >= 0.3 is 11.9 Å². The Morgan fingerprint density at radius 1 is 0.909 bits per heavy atom. The zero-order valence-corrected chi connectivity index (χ0v) is 8.01. The van der Waals surface area contributed by atoms with Crippen LogP contribution in [0.4, 0.5) is 0 Å². The Labute approximate surface area is 80.1 Å². The summed E-state index contributed by atoms with van der Waals surface area (Å²) in [5, 5.41) is 16.3. The number of unbranched alkanes of at least 4 members (excludes halogenated alkanes) is 1. The molecule has 0 heterocycles. The third-order valence-electron chi connectivity index (χ3n) is 1.03. The molecule has 0 unspecified atom stereocenters. The first-order valence-corrected chi connectivity index (χ1v) is 3.06. The first-order chi connectivity index (χ1) is 4.63. The van der Waals surface area contributed by atoms with Crippen LogP contribution in [0.3, 0.4) is 0 Å². The summed E-state index contributed by atoms with van der Waals surface area (Å²) in [5.41, 5.74) is 0. The van der Waals surface area contributed by atoms with Gasteiger partial charge in [0.25, 0.3) is 0 Å². The Bertz CT molecular complexity index is 119. The second-order valence-corrected chi connectivity index (χ2v) is 1.99. The van der Waals surface area contributed by atoms with Crippen LogP contribution in [0, 0.1) is 0 Å². The van der Waals surface area contributed by atoms with Crippen molar-refractivity contribution >= 4 is 11.9 Å². The molecule has 69 valence electrons. The van der Waals surface area contributed by atoms with Crippen molar-refractivity contribution in [2.45, 2.75) is 25.7 Å². The standard InChI is InChI=1S/C6H10O4.Au/c7-5(8)3-1-2-4-6(9)10;/h1-4H2,(H,7,8)(H,9,10);. The van der Waals surface area contributed by atoms with E-state index in [4.69, 9.17) is 10.2 Å². The van der Waals surface area contributed by atoms with E-state index < -0.39 is 11.9 Å². The average Bonchev–Trinajstić information content (AvgIpc) is 1.79. The monoisotopic (exact) mass is 343 g/mol. The van der Waals surface area contributed by atoms with Gasteiger partial charge in [-0.25, -0.2) is 0 Å². The minimum absolute atomic E-state index is 0. The summed E-state index contributed by atoms with van der Waals surface area (Å²) in [4.78, 5) is 19.8. The normalized spacial score (nSPS) is 8.36. The Kier molecular flexibility index (Phi) is 9.40. The summed E-state index contributed by atoms with van der Waals surface area (Å²) in [6.07, 6.45) is 1.02. The molecule has 0 amide bonds. The van der Waals surface area contributed by atoms with E-state index in [0.29, 0.717) is 12.8 Å². The van der Waals surface area contributed by atoms with Crippen LogP contribution in [0.2, 0.25) is 0 Å². The fourth-order valence-electron chi connectivity index (χ4n) is 0.552. The van der Waals surface area contributed by atoms with Crippen molar-refractivity contribution in [2.75, 3.05) is 0 Å². The molecule has 2 N–H and O–H groups in total. The molecule has 1 radical (unpaired) electrons. The van der Waals surface area contributed by atoms with Gasteiger partial charge in [-0.05, 0) is 12.8 Å². The van der Waals surface area contributed by atoms with E-state index in [9.17, 15) is 9.59 Å². The van der Waals surface area contributed by atoms with Crippen molar-refractivity contribution in [3.63, 3.8) is 0 Å². The fraction of sp³-hybridized carbons (Fsp3) is 0.667. The van der Waals surface area contributed by atoms with E-state index >= 15 is 0 Å². The zero-order valence-electron chi connectivity index (χ0n) is 5.84. The first kappa shape index (κ1) is 13.3. The molecular weight excluding hydrogens is 333 g/mol. The van der Waals surface area contributed by atoms with Gasteiger partial charge in [-0.1, -0.05) is 0 Å². The Hall–Kier alpha value is -0.320. The number of carboxylic acids is 2. The fourth-order valence-corrected chi connectivity index (χ4v) is 0.552. The summed E-state index contributed by atoms with van der Waals surface area (Å²) in [7, 11) is 0. The first-order valence-electron chi connectivity index (χ1n) is 3.06. The molecule has 0 bridgehead atoms. The van der Waals surface area contributed by atoms with Gasteiger partial charge in [-0.15, -0.1) is 0 Å². The summed E-state index contributed by atoms with van der Waals surface area (Å²) < 4.78 is 0. The van der Waals surface area contributed by atoms with Crippen LogP contribution in [0.25, 0.3) is 0 Å². The molecule has 0 aromatic carbocycles. The van der Waals surface area contributed by atoms with Gasteiger partial charge in [-0.2, -0.15) is 0 Å². The predicted molar refractivity (Wildman–Crippen MR) is 33.7 cm³/mol. The zero-order chi connectivity index (χ0) is 7.98. The van der Waals surface area contributed by atoms with Crippen LogP contribution in [0.5, 0.6) is 0 Å². The molecule has 0 aromatic rings. The Morgan fingerprint density at radius 2 is 1.18 bits per heavy atom. The number of hydrogen-bond acceptors (Lipinski definition) is 2. The maximum absolute atomic E-state index is 9.90.